The number of hydrogen-bond donors (Lipinski definition) is 2. The lowest BCUT2D eigenvalue weighted by molar-refractivity contribution is -0.577. The summed E-state index contributed by atoms with van der Waals surface area (Å²) in [5.74, 6) is 0. The zero-order valence-electron chi connectivity index (χ0n) is 31.8. The van der Waals surface area contributed by atoms with E-state index in [1.807, 2.05) is 72.8 Å². The molecule has 3 heterocycles. The molecule has 3 N–H and O–H groups in total. The van der Waals surface area contributed by atoms with E-state index in [1.165, 1.54) is 6.20 Å². The van der Waals surface area contributed by atoms with Crippen LogP contribution in [0.4, 0.5) is 11.4 Å². The first-order chi connectivity index (χ1) is 29.3. The maximum absolute atomic E-state index is 11.3. The predicted octanol–water partition coefficient (Wildman–Crippen LogP) is 8.91. The van der Waals surface area contributed by atoms with Crippen molar-refractivity contribution in [3.8, 4) is 30.3 Å². The Bertz CT molecular complexity index is 2950. The highest BCUT2D eigenvalue weighted by atomic mass is 35.5. The van der Waals surface area contributed by atoms with E-state index < -0.39 is 0 Å². The third-order valence-corrected chi connectivity index (χ3v) is 8.53. The number of nitrogens with zero attached hydrogens (tertiary/aromatic N) is 8. The summed E-state index contributed by atoms with van der Waals surface area (Å²) in [6, 6.07) is 49.6. The standard InChI is InChI=1S/C10H5ClN2.C10H6N2O.C10H10N2O.C10H6N2.C7H6N2/c11-9-4-5-13-10-7(6-12)2-1-3-8(9)10;11-7-9-4-1-3-8-5-2-6-12(13)10(8)9;11-8-9-4-1-2-5-10(9)12-6-3-7-13;11-7-9-4-1-3-8-5-2-6-12-10(8)9;8-5-6-3-1-2-4-7(6)9/h1-5H;1-6H;1-2,4-5,7,12H,3,6H2;1-6H;1-4H,9H2. The van der Waals surface area contributed by atoms with E-state index in [9.17, 15) is 10.0 Å². The Hall–Kier alpha value is -8.86. The average Bonchev–Trinajstić information content (AvgIpc) is 3.30. The van der Waals surface area contributed by atoms with Crippen LogP contribution >= 0.6 is 11.6 Å². The average molecular weight is 805 g/mol. The monoisotopic (exact) mass is 804 g/mol. The molecule has 60 heavy (non-hydrogen) atoms. The van der Waals surface area contributed by atoms with Gasteiger partial charge in [-0.05, 0) is 66.7 Å². The summed E-state index contributed by atoms with van der Waals surface area (Å²) in [5.41, 5.74) is 11.4. The highest BCUT2D eigenvalue weighted by molar-refractivity contribution is 6.35. The van der Waals surface area contributed by atoms with E-state index in [0.29, 0.717) is 67.3 Å². The third-order valence-electron chi connectivity index (χ3n) is 8.20. The lowest BCUT2D eigenvalue weighted by atomic mass is 10.1. The SMILES string of the molecule is N#Cc1cccc2c(Cl)ccnc12.N#Cc1cccc2ccc[n+]([O-])c12.N#Cc1cccc2cccnc12.N#Cc1ccccc1N.N#Cc1ccccc1NCCC=O. The number of para-hydroxylation sites is 5. The minimum absolute atomic E-state index is 0.410. The largest absolute Gasteiger partial charge is 0.618 e. The van der Waals surface area contributed by atoms with Crippen molar-refractivity contribution in [3.63, 3.8) is 0 Å². The number of carbonyl (C=O) groups is 1. The van der Waals surface area contributed by atoms with Crippen LogP contribution in [0.5, 0.6) is 0 Å². The number of hydrogen-bond acceptors (Lipinski definition) is 11. The molecule has 8 rings (SSSR count). The Balaban J connectivity index is 0.000000166. The van der Waals surface area contributed by atoms with Gasteiger partial charge in [0.2, 0.25) is 5.52 Å². The molecule has 0 fully saturated rings. The van der Waals surface area contributed by atoms with Crippen LogP contribution in [0.25, 0.3) is 32.7 Å². The van der Waals surface area contributed by atoms with E-state index in [1.54, 1.807) is 85.2 Å². The second kappa shape index (κ2) is 23.3. The van der Waals surface area contributed by atoms with Gasteiger partial charge < -0.3 is 21.1 Å². The number of carbonyl (C=O) groups excluding carboxylic acids is 1. The Kier molecular flexibility index (Phi) is 17.0. The third kappa shape index (κ3) is 12.1. The molecule has 5 aromatic carbocycles. The number of nitrogens with two attached hydrogens (primary N) is 1. The molecule has 0 atom stereocenters. The van der Waals surface area contributed by atoms with Gasteiger partial charge in [-0.1, -0.05) is 72.3 Å². The molecule has 0 aliphatic rings. The summed E-state index contributed by atoms with van der Waals surface area (Å²) in [6.07, 6.45) is 6.00. The van der Waals surface area contributed by atoms with E-state index in [2.05, 4.69) is 33.5 Å². The maximum Gasteiger partial charge on any atom is 0.241 e. The van der Waals surface area contributed by atoms with Gasteiger partial charge >= 0.3 is 0 Å². The quantitative estimate of drug-likeness (QED) is 0.0561. The van der Waals surface area contributed by atoms with Crippen molar-refractivity contribution in [2.24, 2.45) is 0 Å². The molecule has 0 aliphatic heterocycles. The zero-order chi connectivity index (χ0) is 43.1. The highest BCUT2D eigenvalue weighted by Gasteiger charge is 2.08. The second-order valence-electron chi connectivity index (χ2n) is 12.0. The molecular weight excluding hydrogens is 772 g/mol. The molecule has 3 aromatic heterocycles. The van der Waals surface area contributed by atoms with Crippen LogP contribution in [0.1, 0.15) is 34.2 Å². The van der Waals surface area contributed by atoms with Crippen molar-refractivity contribution in [2.45, 2.75) is 6.42 Å². The van der Waals surface area contributed by atoms with Crippen LogP contribution in [-0.4, -0.2) is 22.8 Å². The lowest BCUT2D eigenvalue weighted by Crippen LogP contribution is -2.26. The van der Waals surface area contributed by atoms with Gasteiger partial charge in [0.25, 0.3) is 0 Å². The van der Waals surface area contributed by atoms with Crippen LogP contribution < -0.4 is 15.8 Å². The van der Waals surface area contributed by atoms with Gasteiger partial charge in [-0.3, -0.25) is 9.97 Å². The molecule has 0 saturated heterocycles. The molecule has 0 aliphatic carbocycles. The number of anilines is 2. The van der Waals surface area contributed by atoms with E-state index in [4.69, 9.17) is 43.6 Å². The van der Waals surface area contributed by atoms with Gasteiger partial charge in [0, 0.05) is 53.3 Å². The molecule has 0 saturated carbocycles. The number of aromatic nitrogens is 3. The van der Waals surface area contributed by atoms with Crippen molar-refractivity contribution in [1.82, 2.24) is 9.97 Å². The number of aldehydes is 1. The molecule has 0 spiro atoms. The van der Waals surface area contributed by atoms with Crippen LogP contribution in [0.3, 0.4) is 0 Å². The van der Waals surface area contributed by atoms with Crippen molar-refractivity contribution < 1.29 is 9.52 Å². The summed E-state index contributed by atoms with van der Waals surface area (Å²) >= 11 is 5.94. The Morgan fingerprint density at radius 3 is 1.83 bits per heavy atom. The summed E-state index contributed by atoms with van der Waals surface area (Å²) in [5, 5.41) is 61.0. The van der Waals surface area contributed by atoms with Crippen LogP contribution in [0, 0.1) is 61.9 Å². The molecule has 0 amide bonds. The minimum Gasteiger partial charge on any atom is -0.618 e. The van der Waals surface area contributed by atoms with Gasteiger partial charge in [0.15, 0.2) is 6.20 Å². The molecule has 290 valence electrons. The fraction of sp³-hybridized carbons (Fsp3) is 0.0426. The summed E-state index contributed by atoms with van der Waals surface area (Å²) in [4.78, 5) is 18.3. The number of nitrogen functional groups attached to an aromatic ring is 1. The molecule has 0 bridgehead atoms. The van der Waals surface area contributed by atoms with Gasteiger partial charge in [0.05, 0.1) is 44.0 Å². The number of fused-ring (bicyclic) bond motifs is 3. The van der Waals surface area contributed by atoms with Crippen molar-refractivity contribution >= 4 is 62.0 Å². The summed E-state index contributed by atoms with van der Waals surface area (Å²) < 4.78 is 0.716. The van der Waals surface area contributed by atoms with Crippen LogP contribution in [0.2, 0.25) is 5.02 Å². The van der Waals surface area contributed by atoms with Crippen molar-refractivity contribution in [1.29, 1.82) is 26.3 Å². The number of rotatable bonds is 4. The zero-order valence-corrected chi connectivity index (χ0v) is 32.5. The topological polar surface area (TPSA) is 227 Å². The Morgan fingerprint density at radius 1 is 0.617 bits per heavy atom. The predicted molar refractivity (Wildman–Crippen MR) is 231 cm³/mol. The van der Waals surface area contributed by atoms with Crippen molar-refractivity contribution in [2.75, 3.05) is 17.6 Å². The van der Waals surface area contributed by atoms with E-state index >= 15 is 0 Å². The van der Waals surface area contributed by atoms with Crippen LogP contribution in [0.15, 0.2) is 152 Å². The normalized spacial score (nSPS) is 9.33. The summed E-state index contributed by atoms with van der Waals surface area (Å²) in [7, 11) is 0. The number of halogens is 1. The number of nitrogens with one attached hydrogen (secondary N) is 1. The van der Waals surface area contributed by atoms with E-state index in [0.717, 1.165) is 33.6 Å². The Morgan fingerprint density at radius 2 is 1.17 bits per heavy atom. The maximum atomic E-state index is 11.3. The molecule has 12 nitrogen and oxygen atoms in total. The summed E-state index contributed by atoms with van der Waals surface area (Å²) in [6.45, 7) is 0.572. The first-order valence-corrected chi connectivity index (χ1v) is 18.3. The van der Waals surface area contributed by atoms with Crippen LogP contribution in [-0.2, 0) is 4.79 Å². The highest BCUT2D eigenvalue weighted by Crippen LogP contribution is 2.23. The van der Waals surface area contributed by atoms with Gasteiger partial charge in [-0.15, -0.1) is 0 Å². The molecule has 0 unspecified atom stereocenters. The number of pyridine rings is 3. The smallest absolute Gasteiger partial charge is 0.241 e. The molecule has 8 aromatic rings. The molecule has 13 heteroatoms. The van der Waals surface area contributed by atoms with E-state index in [-0.39, 0.29) is 0 Å². The van der Waals surface area contributed by atoms with Gasteiger partial charge in [-0.2, -0.15) is 31.0 Å². The lowest BCUT2D eigenvalue weighted by Gasteiger charge is -2.04. The Labute approximate surface area is 351 Å². The fourth-order valence-electron chi connectivity index (χ4n) is 5.36. The fourth-order valence-corrected chi connectivity index (χ4v) is 5.57. The van der Waals surface area contributed by atoms with Gasteiger partial charge in [0.1, 0.15) is 42.2 Å². The number of nitriles is 5. The molecular formula is C47H33ClN10O2. The molecule has 0 radical (unpaired) electrons. The number of benzene rings is 5. The first kappa shape index (κ1) is 43.9. The first-order valence-electron chi connectivity index (χ1n) is 17.9. The van der Waals surface area contributed by atoms with Crippen molar-refractivity contribution in [3.05, 3.63) is 190 Å². The second-order valence-corrected chi connectivity index (χ2v) is 12.4. The minimum atomic E-state index is 0.410. The van der Waals surface area contributed by atoms with Gasteiger partial charge in [-0.25, -0.2) is 0 Å².